The lowest BCUT2D eigenvalue weighted by Gasteiger charge is -1.98. The molecule has 0 unspecified atom stereocenters. The zero-order valence-electron chi connectivity index (χ0n) is 10.1. The van der Waals surface area contributed by atoms with E-state index in [4.69, 9.17) is 20.8 Å². The summed E-state index contributed by atoms with van der Waals surface area (Å²) in [5, 5.41) is 11.4. The van der Waals surface area contributed by atoms with E-state index in [0.717, 1.165) is 11.5 Å². The molecule has 0 bridgehead atoms. The van der Waals surface area contributed by atoms with Gasteiger partial charge in [0.25, 0.3) is 0 Å². The number of carboxylic acid groups (broad SMARTS) is 1. The van der Waals surface area contributed by atoms with Crippen LogP contribution in [0.1, 0.15) is 5.76 Å². The number of methoxy groups -OCH3 is 1. The van der Waals surface area contributed by atoms with Crippen LogP contribution in [0.3, 0.4) is 0 Å². The molecule has 0 N–H and O–H groups in total. The standard InChI is InChI=1S/C14H11ClO4/c1-18-11-6-2-4-9-8-12(19-14(9)11)10(15)5-3-7-13(16)17/h2-8H,1H3,(H,16,17)/p-1/b7-3+,10-5-. The topological polar surface area (TPSA) is 62.5 Å². The Morgan fingerprint density at radius 2 is 2.26 bits per heavy atom. The number of carbonyl (C=O) groups excluding carboxylic acids is 1. The zero-order valence-corrected chi connectivity index (χ0v) is 10.8. The van der Waals surface area contributed by atoms with Crippen molar-refractivity contribution in [3.8, 4) is 5.75 Å². The second kappa shape index (κ2) is 5.63. The molecule has 2 rings (SSSR count). The van der Waals surface area contributed by atoms with E-state index in [0.29, 0.717) is 17.1 Å². The molecule has 4 nitrogen and oxygen atoms in total. The molecule has 0 fully saturated rings. The third kappa shape index (κ3) is 2.98. The number of para-hydroxylation sites is 1. The van der Waals surface area contributed by atoms with Crippen molar-refractivity contribution in [2.75, 3.05) is 7.11 Å². The Hall–Kier alpha value is -2.20. The lowest BCUT2D eigenvalue weighted by atomic mass is 10.2. The normalized spacial score (nSPS) is 12.2. The Morgan fingerprint density at radius 1 is 1.47 bits per heavy atom. The first-order valence-corrected chi connectivity index (χ1v) is 5.81. The summed E-state index contributed by atoms with van der Waals surface area (Å²) in [6, 6.07) is 7.24. The smallest absolute Gasteiger partial charge is 0.176 e. The number of carbonyl (C=O) groups is 1. The van der Waals surface area contributed by atoms with Gasteiger partial charge in [-0.25, -0.2) is 0 Å². The van der Waals surface area contributed by atoms with Crippen LogP contribution >= 0.6 is 11.6 Å². The first-order valence-electron chi connectivity index (χ1n) is 5.43. The van der Waals surface area contributed by atoms with Crippen molar-refractivity contribution in [2.45, 2.75) is 0 Å². The van der Waals surface area contributed by atoms with E-state index in [-0.39, 0.29) is 5.03 Å². The average Bonchev–Trinajstić information content (AvgIpc) is 2.81. The molecule has 0 saturated heterocycles. The third-order valence-corrected chi connectivity index (χ3v) is 2.75. The Balaban J connectivity index is 2.38. The molecular weight excluding hydrogens is 268 g/mol. The fourth-order valence-electron chi connectivity index (χ4n) is 1.61. The van der Waals surface area contributed by atoms with Gasteiger partial charge in [-0.05, 0) is 24.3 Å². The maximum absolute atomic E-state index is 10.2. The monoisotopic (exact) mass is 277 g/mol. The summed E-state index contributed by atoms with van der Waals surface area (Å²) < 4.78 is 10.8. The van der Waals surface area contributed by atoms with Gasteiger partial charge in [0, 0.05) is 5.39 Å². The van der Waals surface area contributed by atoms with Crippen LogP contribution in [0.4, 0.5) is 0 Å². The van der Waals surface area contributed by atoms with Crippen molar-refractivity contribution in [3.05, 3.63) is 48.3 Å². The SMILES string of the molecule is COc1cccc2cc(/C(Cl)=C/C=C/C(=O)[O-])oc12. The Kier molecular flexibility index (Phi) is 3.92. The molecule has 0 aliphatic carbocycles. The van der Waals surface area contributed by atoms with E-state index in [2.05, 4.69) is 0 Å². The number of halogens is 1. The van der Waals surface area contributed by atoms with Crippen molar-refractivity contribution < 1.29 is 19.1 Å². The van der Waals surface area contributed by atoms with Crippen LogP contribution in [0.25, 0.3) is 16.0 Å². The van der Waals surface area contributed by atoms with Crippen LogP contribution < -0.4 is 9.84 Å². The van der Waals surface area contributed by atoms with E-state index in [1.165, 1.54) is 12.2 Å². The van der Waals surface area contributed by atoms with Gasteiger partial charge in [-0.15, -0.1) is 0 Å². The molecule has 0 atom stereocenters. The highest BCUT2D eigenvalue weighted by atomic mass is 35.5. The summed E-state index contributed by atoms with van der Waals surface area (Å²) in [6.45, 7) is 0. The van der Waals surface area contributed by atoms with Gasteiger partial charge in [-0.1, -0.05) is 29.8 Å². The molecule has 5 heteroatoms. The highest BCUT2D eigenvalue weighted by Crippen LogP contribution is 2.32. The summed E-state index contributed by atoms with van der Waals surface area (Å²) in [5.41, 5.74) is 0.593. The molecule has 0 saturated carbocycles. The second-order valence-corrected chi connectivity index (χ2v) is 4.09. The van der Waals surface area contributed by atoms with Crippen molar-refractivity contribution in [1.82, 2.24) is 0 Å². The maximum Gasteiger partial charge on any atom is 0.176 e. The van der Waals surface area contributed by atoms with E-state index in [1.54, 1.807) is 19.2 Å². The van der Waals surface area contributed by atoms with Gasteiger partial charge in [-0.3, -0.25) is 0 Å². The largest absolute Gasteiger partial charge is 0.545 e. The van der Waals surface area contributed by atoms with Gasteiger partial charge in [-0.2, -0.15) is 0 Å². The number of ether oxygens (including phenoxy) is 1. The molecule has 0 aliphatic rings. The Morgan fingerprint density at radius 3 is 2.95 bits per heavy atom. The highest BCUT2D eigenvalue weighted by molar-refractivity contribution is 6.48. The van der Waals surface area contributed by atoms with Crippen molar-refractivity contribution in [3.63, 3.8) is 0 Å². The molecule has 1 heterocycles. The van der Waals surface area contributed by atoms with E-state index >= 15 is 0 Å². The van der Waals surface area contributed by atoms with Gasteiger partial charge in [0.1, 0.15) is 5.76 Å². The molecule has 1 aromatic carbocycles. The molecule has 0 aliphatic heterocycles. The first-order chi connectivity index (χ1) is 9.11. The summed E-state index contributed by atoms with van der Waals surface area (Å²) >= 11 is 6.02. The van der Waals surface area contributed by atoms with Gasteiger partial charge in [0.15, 0.2) is 11.3 Å². The van der Waals surface area contributed by atoms with Gasteiger partial charge >= 0.3 is 0 Å². The number of benzene rings is 1. The van der Waals surface area contributed by atoms with Crippen molar-refractivity contribution in [2.24, 2.45) is 0 Å². The number of hydrogen-bond acceptors (Lipinski definition) is 4. The summed E-state index contributed by atoms with van der Waals surface area (Å²) in [6.07, 6.45) is 3.58. The molecule has 0 spiro atoms. The summed E-state index contributed by atoms with van der Waals surface area (Å²) in [5.74, 6) is -0.241. The summed E-state index contributed by atoms with van der Waals surface area (Å²) in [4.78, 5) is 10.2. The molecule has 0 radical (unpaired) electrons. The second-order valence-electron chi connectivity index (χ2n) is 3.68. The van der Waals surface area contributed by atoms with Crippen LogP contribution in [0.15, 0.2) is 46.9 Å². The first kappa shape index (κ1) is 13.2. The molecule has 19 heavy (non-hydrogen) atoms. The average molecular weight is 278 g/mol. The number of hydrogen-bond donors (Lipinski definition) is 0. The lowest BCUT2D eigenvalue weighted by molar-refractivity contribution is -0.297. The van der Waals surface area contributed by atoms with Crippen LogP contribution in [0.5, 0.6) is 5.75 Å². The van der Waals surface area contributed by atoms with Crippen LogP contribution in [-0.4, -0.2) is 13.1 Å². The zero-order chi connectivity index (χ0) is 13.8. The minimum atomic E-state index is -1.29. The van der Waals surface area contributed by atoms with Gasteiger partial charge in [0.05, 0.1) is 18.1 Å². The molecular formula is C14H10ClO4-. The predicted molar refractivity (Wildman–Crippen MR) is 70.7 cm³/mol. The number of allylic oxidation sites excluding steroid dienone is 2. The number of fused-ring (bicyclic) bond motifs is 1. The minimum Gasteiger partial charge on any atom is -0.545 e. The van der Waals surface area contributed by atoms with Crippen LogP contribution in [-0.2, 0) is 4.79 Å². The Labute approximate surface area is 114 Å². The number of furan rings is 1. The predicted octanol–water partition coefficient (Wildman–Crippen LogP) is 2.33. The number of rotatable bonds is 4. The third-order valence-electron chi connectivity index (χ3n) is 2.44. The molecule has 0 amide bonds. The highest BCUT2D eigenvalue weighted by Gasteiger charge is 2.10. The van der Waals surface area contributed by atoms with Crippen molar-refractivity contribution >= 4 is 33.6 Å². The number of aliphatic carboxylic acids is 1. The summed E-state index contributed by atoms with van der Waals surface area (Å²) in [7, 11) is 1.55. The van der Waals surface area contributed by atoms with Crippen LogP contribution in [0, 0.1) is 0 Å². The van der Waals surface area contributed by atoms with E-state index in [1.807, 2.05) is 12.1 Å². The Bertz CT molecular complexity index is 667. The van der Waals surface area contributed by atoms with E-state index in [9.17, 15) is 9.90 Å². The van der Waals surface area contributed by atoms with Gasteiger partial charge < -0.3 is 19.1 Å². The van der Waals surface area contributed by atoms with Crippen LogP contribution in [0.2, 0.25) is 0 Å². The fraction of sp³-hybridized carbons (Fsp3) is 0.0714. The molecule has 98 valence electrons. The van der Waals surface area contributed by atoms with Gasteiger partial charge in [0.2, 0.25) is 0 Å². The lowest BCUT2D eigenvalue weighted by Crippen LogP contribution is -2.18. The maximum atomic E-state index is 10.2. The number of carboxylic acids is 1. The van der Waals surface area contributed by atoms with E-state index < -0.39 is 5.97 Å². The van der Waals surface area contributed by atoms with Crippen molar-refractivity contribution in [1.29, 1.82) is 0 Å². The molecule has 2 aromatic rings. The minimum absolute atomic E-state index is 0.288. The fourth-order valence-corrected chi connectivity index (χ4v) is 1.77. The molecule has 1 aromatic heterocycles. The quantitative estimate of drug-likeness (QED) is 0.635.